The van der Waals surface area contributed by atoms with E-state index in [9.17, 15) is 9.59 Å². The second-order valence-electron chi connectivity index (χ2n) is 4.95. The number of rotatable bonds is 7. The summed E-state index contributed by atoms with van der Waals surface area (Å²) >= 11 is 4.65. The lowest BCUT2D eigenvalue weighted by Gasteiger charge is -2.15. The molecule has 2 rings (SSSR count). The van der Waals surface area contributed by atoms with Gasteiger partial charge >= 0.3 is 5.97 Å². The Labute approximate surface area is 147 Å². The fourth-order valence-electron chi connectivity index (χ4n) is 1.94. The van der Waals surface area contributed by atoms with Crippen LogP contribution in [-0.4, -0.2) is 42.0 Å². The van der Waals surface area contributed by atoms with Crippen LogP contribution in [0.2, 0.25) is 0 Å². The Morgan fingerprint density at radius 3 is 2.83 bits per heavy atom. The average Bonchev–Trinajstić information content (AvgIpc) is 2.98. The van der Waals surface area contributed by atoms with Crippen LogP contribution >= 0.6 is 27.3 Å². The Hall–Kier alpha value is -1.73. The molecule has 0 bridgehead atoms. The highest BCUT2D eigenvalue weighted by Gasteiger charge is 2.17. The smallest absolute Gasteiger partial charge is 0.325 e. The topological polar surface area (TPSA) is 59.5 Å². The molecule has 2 aromatic heterocycles. The minimum Gasteiger partial charge on any atom is -0.464 e. The predicted molar refractivity (Wildman–Crippen MR) is 92.5 cm³/mol. The number of esters is 1. The van der Waals surface area contributed by atoms with E-state index in [1.807, 2.05) is 18.2 Å². The molecule has 0 N–H and O–H groups in total. The van der Waals surface area contributed by atoms with E-state index >= 15 is 0 Å². The van der Waals surface area contributed by atoms with Gasteiger partial charge in [0.1, 0.15) is 6.54 Å². The first kappa shape index (κ1) is 17.6. The van der Waals surface area contributed by atoms with Crippen LogP contribution in [0.3, 0.4) is 0 Å². The standard InChI is InChI=1S/C16H17BrN2O3S/c1-19(16(21)13-6-7-14(17)23-13)11-15(20)22-9-3-5-12-4-2-8-18-10-12/h2,4,6-8,10H,3,5,9,11H2,1H3. The van der Waals surface area contributed by atoms with Crippen molar-refractivity contribution < 1.29 is 14.3 Å². The van der Waals surface area contributed by atoms with Crippen molar-refractivity contribution in [2.75, 3.05) is 20.2 Å². The first-order valence-electron chi connectivity index (χ1n) is 7.11. The molecule has 0 saturated heterocycles. The van der Waals surface area contributed by atoms with Crippen LogP contribution in [0.1, 0.15) is 21.7 Å². The van der Waals surface area contributed by atoms with Crippen molar-refractivity contribution >= 4 is 39.1 Å². The number of ether oxygens (including phenoxy) is 1. The number of carbonyl (C=O) groups is 2. The third-order valence-electron chi connectivity index (χ3n) is 3.09. The number of amides is 1. The molecule has 0 fully saturated rings. The van der Waals surface area contributed by atoms with Gasteiger partial charge in [-0.2, -0.15) is 0 Å². The quantitative estimate of drug-likeness (QED) is 0.532. The summed E-state index contributed by atoms with van der Waals surface area (Å²) in [4.78, 5) is 29.9. The van der Waals surface area contributed by atoms with Gasteiger partial charge < -0.3 is 9.64 Å². The zero-order valence-corrected chi connectivity index (χ0v) is 15.1. The van der Waals surface area contributed by atoms with Crippen molar-refractivity contribution in [3.63, 3.8) is 0 Å². The van der Waals surface area contributed by atoms with Gasteiger partial charge in [-0.05, 0) is 52.5 Å². The minimum absolute atomic E-state index is 0.0543. The first-order chi connectivity index (χ1) is 11.1. The lowest BCUT2D eigenvalue weighted by molar-refractivity contribution is -0.144. The Morgan fingerprint density at radius 1 is 1.35 bits per heavy atom. The van der Waals surface area contributed by atoms with Crippen LogP contribution in [-0.2, 0) is 16.0 Å². The summed E-state index contributed by atoms with van der Waals surface area (Å²) in [5, 5.41) is 0. The third-order valence-corrected chi connectivity index (χ3v) is 4.70. The van der Waals surface area contributed by atoms with Gasteiger partial charge in [0.05, 0.1) is 15.3 Å². The van der Waals surface area contributed by atoms with Crippen LogP contribution in [0.15, 0.2) is 40.4 Å². The van der Waals surface area contributed by atoms with Crippen LogP contribution < -0.4 is 0 Å². The second-order valence-corrected chi connectivity index (χ2v) is 7.41. The summed E-state index contributed by atoms with van der Waals surface area (Å²) in [6.07, 6.45) is 5.06. The lowest BCUT2D eigenvalue weighted by atomic mass is 10.2. The van der Waals surface area contributed by atoms with Crippen LogP contribution in [0.25, 0.3) is 0 Å². The van der Waals surface area contributed by atoms with Gasteiger partial charge in [0, 0.05) is 19.4 Å². The molecule has 0 radical (unpaired) electrons. The molecule has 2 aromatic rings. The molecule has 122 valence electrons. The van der Waals surface area contributed by atoms with Crippen molar-refractivity contribution in [2.24, 2.45) is 0 Å². The van der Waals surface area contributed by atoms with Crippen molar-refractivity contribution in [2.45, 2.75) is 12.8 Å². The van der Waals surface area contributed by atoms with Crippen LogP contribution in [0.4, 0.5) is 0 Å². The van der Waals surface area contributed by atoms with Gasteiger partial charge in [-0.3, -0.25) is 14.6 Å². The summed E-state index contributed by atoms with van der Waals surface area (Å²) in [7, 11) is 1.59. The predicted octanol–water partition coefficient (Wildman–Crippen LogP) is 3.15. The van der Waals surface area contributed by atoms with Crippen molar-refractivity contribution in [1.82, 2.24) is 9.88 Å². The molecule has 0 aliphatic rings. The first-order valence-corrected chi connectivity index (χ1v) is 8.72. The van der Waals surface area contributed by atoms with E-state index in [1.165, 1.54) is 16.2 Å². The van der Waals surface area contributed by atoms with E-state index in [1.54, 1.807) is 25.5 Å². The molecule has 0 unspecified atom stereocenters. The summed E-state index contributed by atoms with van der Waals surface area (Å²) in [6.45, 7) is 0.279. The van der Waals surface area contributed by atoms with Crippen molar-refractivity contribution in [1.29, 1.82) is 0 Å². The highest BCUT2D eigenvalue weighted by atomic mass is 79.9. The number of hydrogen-bond acceptors (Lipinski definition) is 5. The van der Waals surface area contributed by atoms with Gasteiger partial charge in [-0.25, -0.2) is 0 Å². The summed E-state index contributed by atoms with van der Waals surface area (Å²) in [5.41, 5.74) is 1.11. The number of carbonyl (C=O) groups excluding carboxylic acids is 2. The highest BCUT2D eigenvalue weighted by molar-refractivity contribution is 9.11. The van der Waals surface area contributed by atoms with Gasteiger partial charge in [-0.1, -0.05) is 6.07 Å². The van der Waals surface area contributed by atoms with Crippen molar-refractivity contribution in [3.8, 4) is 0 Å². The molecule has 2 heterocycles. The highest BCUT2D eigenvalue weighted by Crippen LogP contribution is 2.22. The Kier molecular flexibility index (Phi) is 6.73. The molecule has 0 aliphatic heterocycles. The van der Waals surface area contributed by atoms with E-state index in [0.29, 0.717) is 11.5 Å². The van der Waals surface area contributed by atoms with Crippen LogP contribution in [0.5, 0.6) is 0 Å². The molecule has 23 heavy (non-hydrogen) atoms. The van der Waals surface area contributed by atoms with E-state index < -0.39 is 5.97 Å². The third kappa shape index (κ3) is 5.76. The fraction of sp³-hybridized carbons (Fsp3) is 0.312. The molecule has 5 nitrogen and oxygen atoms in total. The number of aryl methyl sites for hydroxylation is 1. The molecular weight excluding hydrogens is 380 g/mol. The maximum absolute atomic E-state index is 12.1. The molecule has 0 atom stereocenters. The number of nitrogens with zero attached hydrogens (tertiary/aromatic N) is 2. The minimum atomic E-state index is -0.400. The molecule has 0 aliphatic carbocycles. The summed E-state index contributed by atoms with van der Waals surface area (Å²) in [6, 6.07) is 7.40. The van der Waals surface area contributed by atoms with E-state index in [2.05, 4.69) is 20.9 Å². The fourth-order valence-corrected chi connectivity index (χ4v) is 3.32. The van der Waals surface area contributed by atoms with E-state index in [4.69, 9.17) is 4.74 Å². The number of aromatic nitrogens is 1. The lowest BCUT2D eigenvalue weighted by Crippen LogP contribution is -2.32. The molecule has 0 saturated carbocycles. The molecule has 7 heteroatoms. The van der Waals surface area contributed by atoms with Crippen LogP contribution in [0, 0.1) is 0 Å². The van der Waals surface area contributed by atoms with Gasteiger partial charge in [0.15, 0.2) is 0 Å². The second kappa shape index (κ2) is 8.79. The number of hydrogen-bond donors (Lipinski definition) is 0. The molecule has 1 amide bonds. The summed E-state index contributed by atoms with van der Waals surface area (Å²) in [5.74, 6) is -0.587. The van der Waals surface area contributed by atoms with Gasteiger partial charge in [-0.15, -0.1) is 11.3 Å². The maximum Gasteiger partial charge on any atom is 0.325 e. The van der Waals surface area contributed by atoms with E-state index in [-0.39, 0.29) is 12.5 Å². The normalized spacial score (nSPS) is 10.3. The number of thiophene rings is 1. The molecular formula is C16H17BrN2O3S. The number of pyridine rings is 1. The molecule has 0 spiro atoms. The van der Waals surface area contributed by atoms with Gasteiger partial charge in [0.25, 0.3) is 5.91 Å². The maximum atomic E-state index is 12.1. The Morgan fingerprint density at radius 2 is 2.17 bits per heavy atom. The number of likely N-dealkylation sites (N-methyl/N-ethyl adjacent to an activating group) is 1. The van der Waals surface area contributed by atoms with E-state index in [0.717, 1.165) is 22.2 Å². The molecule has 0 aromatic carbocycles. The van der Waals surface area contributed by atoms with Crippen molar-refractivity contribution in [3.05, 3.63) is 50.9 Å². The van der Waals surface area contributed by atoms with Gasteiger partial charge in [0.2, 0.25) is 0 Å². The Balaban J connectivity index is 1.69. The average molecular weight is 397 g/mol. The zero-order valence-electron chi connectivity index (χ0n) is 12.7. The largest absolute Gasteiger partial charge is 0.464 e. The number of halogens is 1. The Bertz CT molecular complexity index is 660. The zero-order chi connectivity index (χ0) is 16.7. The summed E-state index contributed by atoms with van der Waals surface area (Å²) < 4.78 is 6.05. The monoisotopic (exact) mass is 396 g/mol. The SMILES string of the molecule is CN(CC(=O)OCCCc1cccnc1)C(=O)c1ccc(Br)s1.